The van der Waals surface area contributed by atoms with Gasteiger partial charge in [-0.05, 0) is 37.7 Å². The van der Waals surface area contributed by atoms with Gasteiger partial charge < -0.3 is 27.4 Å². The number of guanidine groups is 1. The van der Waals surface area contributed by atoms with Crippen molar-refractivity contribution in [2.75, 3.05) is 19.6 Å². The van der Waals surface area contributed by atoms with Gasteiger partial charge in [0.15, 0.2) is 11.0 Å². The molecule has 1 aliphatic heterocycles. The Morgan fingerprint density at radius 3 is 2.64 bits per heavy atom. The molecular formula is C24H32N8O3S. The molecule has 0 saturated carbocycles. The Kier molecular flexibility index (Phi) is 9.51. The highest BCUT2D eigenvalue weighted by atomic mass is 32.1. The summed E-state index contributed by atoms with van der Waals surface area (Å²) >= 11 is 1.21. The number of nitrogens with two attached hydrogens (primary N) is 3. The number of ketones is 1. The van der Waals surface area contributed by atoms with Crippen LogP contribution >= 0.6 is 11.3 Å². The van der Waals surface area contributed by atoms with Crippen molar-refractivity contribution in [3.8, 4) is 0 Å². The second-order valence-electron chi connectivity index (χ2n) is 8.68. The molecule has 192 valence electrons. The van der Waals surface area contributed by atoms with Crippen molar-refractivity contribution in [3.05, 3.63) is 52.0 Å². The first-order valence-electron chi connectivity index (χ1n) is 11.7. The van der Waals surface area contributed by atoms with Crippen molar-refractivity contribution in [1.82, 2.24) is 15.2 Å². The van der Waals surface area contributed by atoms with Crippen molar-refractivity contribution in [2.24, 2.45) is 28.1 Å². The van der Waals surface area contributed by atoms with Crippen LogP contribution in [-0.4, -0.2) is 65.0 Å². The molecular weight excluding hydrogens is 480 g/mol. The van der Waals surface area contributed by atoms with E-state index in [9.17, 15) is 14.4 Å². The van der Waals surface area contributed by atoms with Gasteiger partial charge in [0.05, 0.1) is 12.6 Å². The third-order valence-corrected chi connectivity index (χ3v) is 6.75. The number of hydrogen-bond donors (Lipinski definition) is 5. The number of rotatable bonds is 12. The van der Waals surface area contributed by atoms with E-state index < -0.39 is 11.9 Å². The van der Waals surface area contributed by atoms with Crippen molar-refractivity contribution in [3.63, 3.8) is 0 Å². The number of hydrogen-bond acceptors (Lipinski definition) is 7. The van der Waals surface area contributed by atoms with Crippen LogP contribution in [0.4, 0.5) is 0 Å². The summed E-state index contributed by atoms with van der Waals surface area (Å²) in [5.41, 5.74) is 17.8. The Morgan fingerprint density at radius 1 is 1.25 bits per heavy atom. The lowest BCUT2D eigenvalue weighted by Gasteiger charge is -2.32. The number of amidine groups is 1. The lowest BCUT2D eigenvalue weighted by Crippen LogP contribution is -2.50. The maximum Gasteiger partial charge on any atom is 0.240 e. The maximum atomic E-state index is 13.1. The Hall–Kier alpha value is -3.80. The largest absolute Gasteiger partial charge is 0.384 e. The van der Waals surface area contributed by atoms with E-state index in [-0.39, 0.29) is 35.9 Å². The number of amides is 2. The Bertz CT molecular complexity index is 1100. The van der Waals surface area contributed by atoms with Crippen LogP contribution < -0.4 is 22.5 Å². The quantitative estimate of drug-likeness (QED) is 0.119. The van der Waals surface area contributed by atoms with E-state index in [2.05, 4.69) is 15.3 Å². The second-order valence-corrected chi connectivity index (χ2v) is 9.58. The predicted molar refractivity (Wildman–Crippen MR) is 139 cm³/mol. The van der Waals surface area contributed by atoms with Gasteiger partial charge >= 0.3 is 0 Å². The zero-order valence-corrected chi connectivity index (χ0v) is 20.8. The molecule has 1 aliphatic rings. The van der Waals surface area contributed by atoms with Gasteiger partial charge in [-0.1, -0.05) is 24.3 Å². The molecule has 1 aromatic carbocycles. The van der Waals surface area contributed by atoms with Crippen LogP contribution in [0.3, 0.4) is 0 Å². The number of nitrogens with one attached hydrogen (secondary N) is 2. The fourth-order valence-electron chi connectivity index (χ4n) is 4.15. The van der Waals surface area contributed by atoms with Crippen molar-refractivity contribution < 1.29 is 14.4 Å². The highest BCUT2D eigenvalue weighted by Crippen LogP contribution is 2.22. The van der Waals surface area contributed by atoms with Gasteiger partial charge in [0.25, 0.3) is 0 Å². The lowest BCUT2D eigenvalue weighted by atomic mass is 9.90. The fourth-order valence-corrected chi connectivity index (χ4v) is 4.78. The SMILES string of the molecule is N=C(N)c1ccc(CC2CCCN(CC(=O)N[C@@H](CCCN=C(N)N)C(=O)c3nccs3)C2=O)cc1. The Labute approximate surface area is 213 Å². The molecule has 1 saturated heterocycles. The standard InChI is InChI=1S/C24H32N8O3S/c25-21(26)16-7-5-15(6-8-16)13-17-3-2-11-32(23(17)35)14-19(33)31-18(4-1-9-30-24(27)28)20(34)22-29-10-12-36-22/h5-8,10,12,17-18H,1-4,9,11,13-14H2,(H3,25,26)(H,31,33)(H4,27,28,30)/t17?,18-/m0/s1. The number of piperidine rings is 1. The topological polar surface area (TPSA) is 194 Å². The van der Waals surface area contributed by atoms with Crippen LogP contribution in [0.15, 0.2) is 40.8 Å². The van der Waals surface area contributed by atoms with E-state index in [1.165, 1.54) is 17.5 Å². The molecule has 0 radical (unpaired) electrons. The van der Waals surface area contributed by atoms with Crippen LogP contribution in [0.5, 0.6) is 0 Å². The third-order valence-electron chi connectivity index (χ3n) is 5.96. The number of nitrogens with zero attached hydrogens (tertiary/aromatic N) is 3. The summed E-state index contributed by atoms with van der Waals surface area (Å²) in [5, 5.41) is 12.3. The monoisotopic (exact) mass is 512 g/mol. The maximum absolute atomic E-state index is 13.1. The van der Waals surface area contributed by atoms with Crippen LogP contribution in [0.1, 0.15) is 46.6 Å². The number of benzene rings is 1. The van der Waals surface area contributed by atoms with Crippen LogP contribution in [0.2, 0.25) is 0 Å². The van der Waals surface area contributed by atoms with Crippen LogP contribution in [0, 0.1) is 11.3 Å². The van der Waals surface area contributed by atoms with E-state index in [0.29, 0.717) is 42.9 Å². The molecule has 0 spiro atoms. The fraction of sp³-hybridized carbons (Fsp3) is 0.417. The Balaban J connectivity index is 1.59. The summed E-state index contributed by atoms with van der Waals surface area (Å²) in [6, 6.07) is 6.49. The number of likely N-dealkylation sites (tertiary alicyclic amines) is 1. The first-order valence-corrected chi connectivity index (χ1v) is 12.6. The van der Waals surface area contributed by atoms with E-state index in [4.69, 9.17) is 22.6 Å². The van der Waals surface area contributed by atoms with Gasteiger partial charge in [0.2, 0.25) is 17.6 Å². The second kappa shape index (κ2) is 12.8. The number of thiazole rings is 1. The third kappa shape index (κ3) is 7.60. The molecule has 0 aliphatic carbocycles. The zero-order valence-electron chi connectivity index (χ0n) is 20.0. The average Bonchev–Trinajstić information content (AvgIpc) is 3.38. The minimum absolute atomic E-state index is 0.00429. The van der Waals surface area contributed by atoms with Crippen molar-refractivity contribution in [2.45, 2.75) is 38.1 Å². The molecule has 1 aromatic heterocycles. The zero-order chi connectivity index (χ0) is 26.1. The highest BCUT2D eigenvalue weighted by Gasteiger charge is 2.31. The molecule has 2 amide bonds. The first kappa shape index (κ1) is 26.8. The highest BCUT2D eigenvalue weighted by molar-refractivity contribution is 7.11. The number of aliphatic imine (C=N–C) groups is 1. The first-order chi connectivity index (χ1) is 17.2. The summed E-state index contributed by atoms with van der Waals surface area (Å²) in [5.74, 6) is -1.03. The molecule has 36 heavy (non-hydrogen) atoms. The molecule has 2 heterocycles. The van der Waals surface area contributed by atoms with Crippen LogP contribution in [-0.2, 0) is 16.0 Å². The normalized spacial score (nSPS) is 16.3. The van der Waals surface area contributed by atoms with Gasteiger partial charge in [0.1, 0.15) is 5.84 Å². The van der Waals surface area contributed by atoms with Gasteiger partial charge in [0, 0.05) is 36.1 Å². The summed E-state index contributed by atoms with van der Waals surface area (Å²) in [7, 11) is 0. The molecule has 2 atom stereocenters. The number of Topliss-reactive ketones (excluding diaryl/α,β-unsaturated/α-hetero) is 1. The van der Waals surface area contributed by atoms with Gasteiger partial charge in [-0.15, -0.1) is 11.3 Å². The molecule has 1 fully saturated rings. The average molecular weight is 513 g/mol. The molecule has 8 N–H and O–H groups in total. The smallest absolute Gasteiger partial charge is 0.240 e. The van der Waals surface area contributed by atoms with Gasteiger partial charge in [-0.2, -0.15) is 0 Å². The molecule has 11 nitrogen and oxygen atoms in total. The Morgan fingerprint density at radius 2 is 2.00 bits per heavy atom. The molecule has 3 rings (SSSR count). The van der Waals surface area contributed by atoms with E-state index in [0.717, 1.165) is 18.4 Å². The summed E-state index contributed by atoms with van der Waals surface area (Å²) in [4.78, 5) is 48.4. The number of carbonyl (C=O) groups excluding carboxylic acids is 3. The van der Waals surface area contributed by atoms with Gasteiger partial charge in [-0.3, -0.25) is 24.8 Å². The molecule has 0 bridgehead atoms. The molecule has 2 aromatic rings. The summed E-state index contributed by atoms with van der Waals surface area (Å²) in [6.45, 7) is 0.704. The van der Waals surface area contributed by atoms with E-state index in [1.807, 2.05) is 12.1 Å². The molecule has 12 heteroatoms. The predicted octanol–water partition coefficient (Wildman–Crippen LogP) is 0.630. The van der Waals surface area contributed by atoms with Gasteiger partial charge in [-0.25, -0.2) is 4.98 Å². The van der Waals surface area contributed by atoms with Crippen molar-refractivity contribution in [1.29, 1.82) is 5.41 Å². The molecule has 1 unspecified atom stereocenters. The minimum Gasteiger partial charge on any atom is -0.384 e. The summed E-state index contributed by atoms with van der Waals surface area (Å²) in [6.07, 6.45) is 4.44. The van der Waals surface area contributed by atoms with E-state index >= 15 is 0 Å². The number of aromatic nitrogens is 1. The number of carbonyl (C=O) groups is 3. The van der Waals surface area contributed by atoms with E-state index in [1.54, 1.807) is 22.4 Å². The lowest BCUT2D eigenvalue weighted by molar-refractivity contribution is -0.142. The number of nitrogen functional groups attached to an aromatic ring is 1. The minimum atomic E-state index is -0.784. The van der Waals surface area contributed by atoms with Crippen LogP contribution in [0.25, 0.3) is 0 Å². The summed E-state index contributed by atoms with van der Waals surface area (Å²) < 4.78 is 0. The van der Waals surface area contributed by atoms with Crippen molar-refractivity contribution >= 4 is 40.7 Å².